The quantitative estimate of drug-likeness (QED) is 0.917. The molecule has 0 radical (unpaired) electrons. The number of nitrogens with zero attached hydrogens (tertiary/aromatic N) is 2. The summed E-state index contributed by atoms with van der Waals surface area (Å²) < 4.78 is 13.7. The Balaban J connectivity index is 2.47. The maximum Gasteiger partial charge on any atom is 0.182 e. The smallest absolute Gasteiger partial charge is 0.182 e. The van der Waals surface area contributed by atoms with Crippen LogP contribution in [0.4, 0.5) is 4.39 Å². The van der Waals surface area contributed by atoms with Crippen LogP contribution in [0.3, 0.4) is 0 Å². The minimum atomic E-state index is -0.312. The largest absolute Gasteiger partial charge is 0.262 e. The van der Waals surface area contributed by atoms with Gasteiger partial charge in [0.15, 0.2) is 5.82 Å². The van der Waals surface area contributed by atoms with Crippen molar-refractivity contribution in [3.05, 3.63) is 34.3 Å². The molecule has 0 aliphatic carbocycles. The third-order valence-electron chi connectivity index (χ3n) is 2.24. The summed E-state index contributed by atoms with van der Waals surface area (Å²) in [6, 6.07) is 4.81. The first-order valence-corrected chi connectivity index (χ1v) is 5.75. The molecular formula is C11H11BrFN3. The molecule has 2 aromatic rings. The van der Waals surface area contributed by atoms with Gasteiger partial charge in [-0.05, 0) is 28.1 Å². The Morgan fingerprint density at radius 1 is 1.38 bits per heavy atom. The molecule has 0 atom stereocenters. The van der Waals surface area contributed by atoms with Crippen molar-refractivity contribution >= 4 is 15.9 Å². The van der Waals surface area contributed by atoms with Gasteiger partial charge in [0.1, 0.15) is 11.6 Å². The molecule has 1 aromatic carbocycles. The van der Waals surface area contributed by atoms with Crippen LogP contribution in [-0.2, 0) is 0 Å². The molecular weight excluding hydrogens is 273 g/mol. The second-order valence-electron chi connectivity index (χ2n) is 3.80. The highest BCUT2D eigenvalue weighted by molar-refractivity contribution is 9.10. The van der Waals surface area contributed by atoms with E-state index in [2.05, 4.69) is 31.1 Å². The molecule has 0 fully saturated rings. The molecule has 1 aromatic heterocycles. The molecule has 84 valence electrons. The normalized spacial score (nSPS) is 11.1. The minimum absolute atomic E-state index is 0.272. The number of rotatable bonds is 2. The fraction of sp³-hybridized carbons (Fsp3) is 0.273. The fourth-order valence-electron chi connectivity index (χ4n) is 1.33. The van der Waals surface area contributed by atoms with Crippen molar-refractivity contribution < 1.29 is 4.39 Å². The zero-order chi connectivity index (χ0) is 11.7. The monoisotopic (exact) mass is 283 g/mol. The molecule has 1 heterocycles. The van der Waals surface area contributed by atoms with Gasteiger partial charge >= 0.3 is 0 Å². The Kier molecular flexibility index (Phi) is 3.05. The van der Waals surface area contributed by atoms with E-state index in [0.29, 0.717) is 15.9 Å². The maximum atomic E-state index is 13.3. The predicted molar refractivity (Wildman–Crippen MR) is 63.6 cm³/mol. The van der Waals surface area contributed by atoms with Crippen LogP contribution < -0.4 is 0 Å². The highest BCUT2D eigenvalue weighted by Gasteiger charge is 2.13. The lowest BCUT2D eigenvalue weighted by Gasteiger charge is -2.00. The van der Waals surface area contributed by atoms with Crippen LogP contribution in [0, 0.1) is 5.82 Å². The van der Waals surface area contributed by atoms with Gasteiger partial charge in [0, 0.05) is 11.5 Å². The average molecular weight is 284 g/mol. The van der Waals surface area contributed by atoms with Gasteiger partial charge in [-0.2, -0.15) is 5.10 Å². The Hall–Kier alpha value is -1.23. The molecule has 0 amide bonds. The van der Waals surface area contributed by atoms with Crippen molar-refractivity contribution in [2.45, 2.75) is 19.8 Å². The van der Waals surface area contributed by atoms with E-state index in [1.807, 2.05) is 13.8 Å². The van der Waals surface area contributed by atoms with Crippen LogP contribution in [0.1, 0.15) is 25.6 Å². The number of hydrogen-bond donors (Lipinski definition) is 1. The molecule has 0 aliphatic rings. The van der Waals surface area contributed by atoms with Crippen molar-refractivity contribution in [1.82, 2.24) is 15.2 Å². The van der Waals surface area contributed by atoms with Crippen molar-refractivity contribution in [3.8, 4) is 11.4 Å². The van der Waals surface area contributed by atoms with Crippen LogP contribution in [0.25, 0.3) is 11.4 Å². The lowest BCUT2D eigenvalue weighted by atomic mass is 10.2. The van der Waals surface area contributed by atoms with Gasteiger partial charge in [-0.1, -0.05) is 19.9 Å². The Labute approximate surface area is 101 Å². The number of benzene rings is 1. The topological polar surface area (TPSA) is 41.6 Å². The van der Waals surface area contributed by atoms with E-state index in [0.717, 1.165) is 5.82 Å². The molecule has 16 heavy (non-hydrogen) atoms. The third kappa shape index (κ3) is 2.00. The first-order chi connectivity index (χ1) is 7.59. The second-order valence-corrected chi connectivity index (χ2v) is 4.59. The van der Waals surface area contributed by atoms with Crippen molar-refractivity contribution in [2.24, 2.45) is 0 Å². The van der Waals surface area contributed by atoms with Gasteiger partial charge in [-0.15, -0.1) is 0 Å². The number of aromatic amines is 1. The van der Waals surface area contributed by atoms with E-state index in [9.17, 15) is 4.39 Å². The summed E-state index contributed by atoms with van der Waals surface area (Å²) in [5.74, 6) is 1.27. The zero-order valence-corrected chi connectivity index (χ0v) is 10.5. The van der Waals surface area contributed by atoms with E-state index in [4.69, 9.17) is 0 Å². The molecule has 5 heteroatoms. The molecule has 0 saturated carbocycles. The summed E-state index contributed by atoms with van der Waals surface area (Å²) in [6.45, 7) is 4.04. The Morgan fingerprint density at radius 3 is 2.75 bits per heavy atom. The van der Waals surface area contributed by atoms with Gasteiger partial charge in [0.25, 0.3) is 0 Å². The zero-order valence-electron chi connectivity index (χ0n) is 8.96. The lowest BCUT2D eigenvalue weighted by molar-refractivity contribution is 0.621. The summed E-state index contributed by atoms with van der Waals surface area (Å²) in [4.78, 5) is 4.32. The van der Waals surface area contributed by atoms with Gasteiger partial charge in [0.2, 0.25) is 0 Å². The maximum absolute atomic E-state index is 13.3. The van der Waals surface area contributed by atoms with Gasteiger partial charge < -0.3 is 0 Å². The Bertz CT molecular complexity index is 508. The van der Waals surface area contributed by atoms with Crippen molar-refractivity contribution in [2.75, 3.05) is 0 Å². The highest BCUT2D eigenvalue weighted by Crippen LogP contribution is 2.28. The van der Waals surface area contributed by atoms with E-state index >= 15 is 0 Å². The summed E-state index contributed by atoms with van der Waals surface area (Å²) in [6.07, 6.45) is 0. The summed E-state index contributed by atoms with van der Waals surface area (Å²) in [5.41, 5.74) is 0.656. The summed E-state index contributed by atoms with van der Waals surface area (Å²) in [7, 11) is 0. The van der Waals surface area contributed by atoms with E-state index in [1.165, 1.54) is 6.07 Å². The van der Waals surface area contributed by atoms with Crippen LogP contribution in [0.15, 0.2) is 22.7 Å². The van der Waals surface area contributed by atoms with Crippen LogP contribution in [0.5, 0.6) is 0 Å². The highest BCUT2D eigenvalue weighted by atomic mass is 79.9. The lowest BCUT2D eigenvalue weighted by Crippen LogP contribution is -1.90. The van der Waals surface area contributed by atoms with Crippen LogP contribution >= 0.6 is 15.9 Å². The number of hydrogen-bond acceptors (Lipinski definition) is 2. The number of aromatic nitrogens is 3. The minimum Gasteiger partial charge on any atom is -0.262 e. The number of H-pyrrole nitrogens is 1. The first kappa shape index (κ1) is 11.3. The third-order valence-corrected chi connectivity index (χ3v) is 3.05. The average Bonchev–Trinajstić information content (AvgIpc) is 2.71. The standard InChI is InChI=1S/C11H11BrFN3/c1-6(2)10-14-11(16-15-10)7-4-3-5-8(13)9(7)12/h3-6H,1-2H3,(H,14,15,16). The number of nitrogens with one attached hydrogen (secondary N) is 1. The SMILES string of the molecule is CC(C)c1nc(-c2cccc(F)c2Br)n[nH]1. The fourth-order valence-corrected chi connectivity index (χ4v) is 1.77. The van der Waals surface area contributed by atoms with Gasteiger partial charge in [-0.3, -0.25) is 5.10 Å². The first-order valence-electron chi connectivity index (χ1n) is 4.96. The molecule has 1 N–H and O–H groups in total. The Morgan fingerprint density at radius 2 is 2.12 bits per heavy atom. The van der Waals surface area contributed by atoms with Crippen molar-refractivity contribution in [3.63, 3.8) is 0 Å². The van der Waals surface area contributed by atoms with Gasteiger partial charge in [-0.25, -0.2) is 9.37 Å². The van der Waals surface area contributed by atoms with Crippen LogP contribution in [-0.4, -0.2) is 15.2 Å². The number of halogens is 2. The molecule has 0 aliphatic heterocycles. The predicted octanol–water partition coefficient (Wildman–Crippen LogP) is 3.50. The second kappa shape index (κ2) is 4.33. The molecule has 0 bridgehead atoms. The van der Waals surface area contributed by atoms with Crippen LogP contribution in [0.2, 0.25) is 0 Å². The molecule has 0 spiro atoms. The van der Waals surface area contributed by atoms with E-state index in [-0.39, 0.29) is 11.7 Å². The molecule has 0 saturated heterocycles. The molecule has 3 nitrogen and oxygen atoms in total. The van der Waals surface area contributed by atoms with E-state index < -0.39 is 0 Å². The van der Waals surface area contributed by atoms with E-state index in [1.54, 1.807) is 12.1 Å². The van der Waals surface area contributed by atoms with Crippen molar-refractivity contribution in [1.29, 1.82) is 0 Å². The summed E-state index contributed by atoms with van der Waals surface area (Å²) in [5, 5.41) is 6.92. The molecule has 0 unspecified atom stereocenters. The van der Waals surface area contributed by atoms with Gasteiger partial charge in [0.05, 0.1) is 4.47 Å². The summed E-state index contributed by atoms with van der Waals surface area (Å²) >= 11 is 3.19. The molecule has 2 rings (SSSR count).